The molecule has 0 atom stereocenters. The van der Waals surface area contributed by atoms with E-state index in [2.05, 4.69) is 26.5 Å². The lowest BCUT2D eigenvalue weighted by Gasteiger charge is -2.11. The van der Waals surface area contributed by atoms with Gasteiger partial charge in [-0.25, -0.2) is 0 Å². The highest BCUT2D eigenvalue weighted by molar-refractivity contribution is 5.11. The van der Waals surface area contributed by atoms with Crippen molar-refractivity contribution in [1.82, 2.24) is 4.90 Å². The maximum absolute atomic E-state index is 3.83. The van der Waals surface area contributed by atoms with Gasteiger partial charge in [0.15, 0.2) is 0 Å². The Kier molecular flexibility index (Phi) is 5.18. The third-order valence-corrected chi connectivity index (χ3v) is 1.85. The summed E-state index contributed by atoms with van der Waals surface area (Å²) >= 11 is 0. The van der Waals surface area contributed by atoms with Gasteiger partial charge in [0.1, 0.15) is 0 Å². The molecule has 0 fully saturated rings. The summed E-state index contributed by atoms with van der Waals surface area (Å²) in [6, 6.07) is 0. The second kappa shape index (κ2) is 5.64. The van der Waals surface area contributed by atoms with E-state index in [-0.39, 0.29) is 0 Å². The Hall–Kier alpha value is -0.980. The first-order valence-corrected chi connectivity index (χ1v) is 4.30. The Morgan fingerprint density at radius 2 is 2.00 bits per heavy atom. The summed E-state index contributed by atoms with van der Waals surface area (Å²) in [5.74, 6) is 0. The summed E-state index contributed by atoms with van der Waals surface area (Å²) in [4.78, 5) is 2.00. The van der Waals surface area contributed by atoms with Crippen LogP contribution in [0.3, 0.4) is 0 Å². The van der Waals surface area contributed by atoms with Gasteiger partial charge < -0.3 is 4.90 Å². The zero-order valence-electron chi connectivity index (χ0n) is 8.59. The Morgan fingerprint density at radius 1 is 1.42 bits per heavy atom. The maximum atomic E-state index is 3.83. The monoisotopic (exact) mass is 165 g/mol. The quantitative estimate of drug-likeness (QED) is 0.578. The minimum Gasteiger partial charge on any atom is -0.355 e. The molecule has 0 aliphatic heterocycles. The van der Waals surface area contributed by atoms with E-state index < -0.39 is 0 Å². The van der Waals surface area contributed by atoms with Gasteiger partial charge in [-0.05, 0) is 26.3 Å². The zero-order chi connectivity index (χ0) is 9.56. The van der Waals surface area contributed by atoms with Crippen LogP contribution in [0.25, 0.3) is 0 Å². The summed E-state index contributed by atoms with van der Waals surface area (Å²) in [5, 5.41) is 0. The molecule has 0 saturated carbocycles. The number of rotatable bonds is 4. The summed E-state index contributed by atoms with van der Waals surface area (Å²) in [6.45, 7) is 10.1. The smallest absolute Gasteiger partial charge is 0.0108 e. The lowest BCUT2D eigenvalue weighted by Crippen LogP contribution is -2.05. The van der Waals surface area contributed by atoms with Crippen LogP contribution in [0, 0.1) is 0 Å². The van der Waals surface area contributed by atoms with Crippen LogP contribution >= 0.6 is 0 Å². The second-order valence-electron chi connectivity index (χ2n) is 3.05. The molecule has 0 unspecified atom stereocenters. The van der Waals surface area contributed by atoms with E-state index in [0.717, 1.165) is 12.1 Å². The molecule has 0 radical (unpaired) electrons. The molecule has 1 nitrogen and oxygen atoms in total. The topological polar surface area (TPSA) is 3.24 Å². The Labute approximate surface area is 76.1 Å². The predicted octanol–water partition coefficient (Wildman–Crippen LogP) is 3.32. The van der Waals surface area contributed by atoms with E-state index in [1.165, 1.54) is 5.57 Å². The number of hydrogen-bond donors (Lipinski definition) is 0. The van der Waals surface area contributed by atoms with Gasteiger partial charge in [-0.3, -0.25) is 0 Å². The van der Waals surface area contributed by atoms with Gasteiger partial charge in [0, 0.05) is 18.9 Å². The molecule has 68 valence electrons. The van der Waals surface area contributed by atoms with Crippen LogP contribution < -0.4 is 0 Å². The van der Waals surface area contributed by atoms with E-state index in [1.54, 1.807) is 0 Å². The first-order valence-electron chi connectivity index (χ1n) is 4.30. The van der Waals surface area contributed by atoms with Gasteiger partial charge in [-0.2, -0.15) is 0 Å². The van der Waals surface area contributed by atoms with Crippen molar-refractivity contribution in [2.45, 2.75) is 27.2 Å². The van der Waals surface area contributed by atoms with Crippen LogP contribution in [0.4, 0.5) is 0 Å². The molecule has 0 N–H and O–H groups in total. The first kappa shape index (κ1) is 11.0. The molecule has 0 amide bonds. The predicted molar refractivity (Wildman–Crippen MR) is 55.8 cm³/mol. The van der Waals surface area contributed by atoms with Crippen LogP contribution in [-0.4, -0.2) is 11.9 Å². The van der Waals surface area contributed by atoms with Crippen molar-refractivity contribution in [3.05, 3.63) is 36.2 Å². The molecule has 0 aromatic rings. The van der Waals surface area contributed by atoms with Gasteiger partial charge in [0.05, 0.1) is 0 Å². The highest BCUT2D eigenvalue weighted by Crippen LogP contribution is 2.00. The van der Waals surface area contributed by atoms with E-state index in [9.17, 15) is 0 Å². The average Bonchev–Trinajstić information content (AvgIpc) is 2.03. The van der Waals surface area contributed by atoms with Gasteiger partial charge in [0.25, 0.3) is 0 Å². The van der Waals surface area contributed by atoms with Crippen LogP contribution in [0.2, 0.25) is 0 Å². The van der Waals surface area contributed by atoms with Crippen LogP contribution in [-0.2, 0) is 0 Å². The van der Waals surface area contributed by atoms with Crippen molar-refractivity contribution in [3.63, 3.8) is 0 Å². The van der Waals surface area contributed by atoms with Gasteiger partial charge in [-0.1, -0.05) is 25.2 Å². The third kappa shape index (κ3) is 4.78. The van der Waals surface area contributed by atoms with Gasteiger partial charge in [-0.15, -0.1) is 0 Å². The molecule has 0 aromatic heterocycles. The first-order chi connectivity index (χ1) is 5.57. The molecule has 0 heterocycles. The molecular weight excluding hydrogens is 146 g/mol. The minimum atomic E-state index is 1.05. The molecular formula is C11H19N. The van der Waals surface area contributed by atoms with Crippen molar-refractivity contribution in [2.24, 2.45) is 0 Å². The molecule has 12 heavy (non-hydrogen) atoms. The molecule has 0 aromatic carbocycles. The van der Waals surface area contributed by atoms with Gasteiger partial charge in [0.2, 0.25) is 0 Å². The minimum absolute atomic E-state index is 1.05. The average molecular weight is 165 g/mol. The summed E-state index contributed by atoms with van der Waals surface area (Å²) in [7, 11) is 1.99. The molecule has 1 heteroatoms. The lowest BCUT2D eigenvalue weighted by molar-refractivity contribution is 0.573. The zero-order valence-corrected chi connectivity index (χ0v) is 8.59. The molecule has 0 rings (SSSR count). The van der Waals surface area contributed by atoms with Crippen LogP contribution in [0.5, 0.6) is 0 Å². The number of allylic oxidation sites excluding steroid dienone is 4. The van der Waals surface area contributed by atoms with E-state index in [1.807, 2.05) is 31.1 Å². The van der Waals surface area contributed by atoms with E-state index in [4.69, 9.17) is 0 Å². The molecule has 0 spiro atoms. The Balaban J connectivity index is 3.99. The van der Waals surface area contributed by atoms with Crippen molar-refractivity contribution in [2.75, 3.05) is 7.05 Å². The summed E-state index contributed by atoms with van der Waals surface area (Å²) < 4.78 is 0. The maximum Gasteiger partial charge on any atom is 0.0108 e. The fourth-order valence-corrected chi connectivity index (χ4v) is 0.581. The SMILES string of the molecule is C=C(C)N(C)/C=C\C=C(/C)CC. The van der Waals surface area contributed by atoms with Crippen molar-refractivity contribution in [3.8, 4) is 0 Å². The Bertz CT molecular complexity index is 199. The van der Waals surface area contributed by atoms with Crippen LogP contribution in [0.1, 0.15) is 27.2 Å². The van der Waals surface area contributed by atoms with Crippen molar-refractivity contribution >= 4 is 0 Å². The molecule has 0 aliphatic rings. The molecule has 0 aliphatic carbocycles. The largest absolute Gasteiger partial charge is 0.355 e. The van der Waals surface area contributed by atoms with Gasteiger partial charge >= 0.3 is 0 Å². The second-order valence-corrected chi connectivity index (χ2v) is 3.05. The fraction of sp³-hybridized carbons (Fsp3) is 0.455. The van der Waals surface area contributed by atoms with E-state index in [0.29, 0.717) is 0 Å². The number of nitrogens with zero attached hydrogens (tertiary/aromatic N) is 1. The standard InChI is InChI=1S/C11H19N/c1-6-11(4)8-7-9-12(5)10(2)3/h7-9H,2,6H2,1,3-5H3/b9-7-,11-8+. The van der Waals surface area contributed by atoms with E-state index >= 15 is 0 Å². The lowest BCUT2D eigenvalue weighted by atomic mass is 10.2. The molecule has 0 bridgehead atoms. The van der Waals surface area contributed by atoms with Crippen LogP contribution in [0.15, 0.2) is 36.2 Å². The third-order valence-electron chi connectivity index (χ3n) is 1.85. The number of hydrogen-bond acceptors (Lipinski definition) is 1. The molecule has 0 saturated heterocycles. The summed E-state index contributed by atoms with van der Waals surface area (Å²) in [5.41, 5.74) is 2.44. The Morgan fingerprint density at radius 3 is 2.42 bits per heavy atom. The highest BCUT2D eigenvalue weighted by atomic mass is 15.1. The normalized spacial score (nSPS) is 12.2. The van der Waals surface area contributed by atoms with Crippen molar-refractivity contribution < 1.29 is 0 Å². The highest BCUT2D eigenvalue weighted by Gasteiger charge is 1.86. The fourth-order valence-electron chi connectivity index (χ4n) is 0.581. The van der Waals surface area contributed by atoms with Crippen molar-refractivity contribution in [1.29, 1.82) is 0 Å². The summed E-state index contributed by atoms with van der Waals surface area (Å²) in [6.07, 6.45) is 7.30.